The number of phosphoric acid groups is 3. The van der Waals surface area contributed by atoms with Crippen LogP contribution in [0.1, 0.15) is 6.30 Å². The van der Waals surface area contributed by atoms with Crippen molar-refractivity contribution in [2.75, 3.05) is 19.5 Å². The Morgan fingerprint density at radius 1 is 1.29 bits per heavy atom. The van der Waals surface area contributed by atoms with Gasteiger partial charge >= 0.3 is 29.2 Å². The Balaban J connectivity index is 3.07. The predicted octanol–water partition coefficient (Wildman–Crippen LogP) is -0.984. The van der Waals surface area contributed by atoms with Crippen molar-refractivity contribution in [2.24, 2.45) is 0 Å². The summed E-state index contributed by atoms with van der Waals surface area (Å²) in [7, 11) is -16.2. The number of phosphoric ester groups is 1. The molecule has 0 aliphatic rings. The summed E-state index contributed by atoms with van der Waals surface area (Å²) in [5.74, 6) is 1.33. The molecule has 0 spiro atoms. The van der Waals surface area contributed by atoms with E-state index in [9.17, 15) is 32.9 Å². The van der Waals surface area contributed by atoms with E-state index in [-0.39, 0.29) is 10.4 Å². The van der Waals surface area contributed by atoms with E-state index in [0.29, 0.717) is 0 Å². The number of nitrogen functional groups attached to an aromatic ring is 1. The first-order valence-corrected chi connectivity index (χ1v) is 12.0. The number of nitrogens with two attached hydrogens (primary N) is 1. The number of anilines is 1. The second kappa shape index (κ2) is 9.97. The summed E-state index contributed by atoms with van der Waals surface area (Å²) in [4.78, 5) is 50.5. The van der Waals surface area contributed by atoms with Crippen LogP contribution in [0, 0.1) is 12.3 Å². The molecule has 31 heavy (non-hydrogen) atoms. The third kappa shape index (κ3) is 7.85. The van der Waals surface area contributed by atoms with Gasteiger partial charge in [-0.2, -0.15) is 13.6 Å². The van der Waals surface area contributed by atoms with Gasteiger partial charge in [0.2, 0.25) is 11.9 Å². The minimum Gasteiger partial charge on any atom is -0.383 e. The van der Waals surface area contributed by atoms with Crippen LogP contribution in [-0.4, -0.2) is 59.7 Å². The van der Waals surface area contributed by atoms with Crippen LogP contribution >= 0.6 is 23.5 Å². The number of aliphatic hydroxyl groups is 1. The number of ether oxygens (including phenoxy) is 1. The summed E-state index contributed by atoms with van der Waals surface area (Å²) in [6.07, 6.45) is 1.15. The maximum Gasteiger partial charge on any atom is 0.490 e. The van der Waals surface area contributed by atoms with Gasteiger partial charge in [-0.05, 0) is 6.07 Å². The molecular formula is C11H17FN3O13P3. The van der Waals surface area contributed by atoms with Gasteiger partial charge in [-0.15, -0.1) is 6.42 Å². The summed E-state index contributed by atoms with van der Waals surface area (Å²) in [5.41, 5.74) is 0.970. The molecule has 1 aromatic heterocycles. The Morgan fingerprint density at radius 2 is 1.87 bits per heavy atom. The van der Waals surface area contributed by atoms with Gasteiger partial charge in [0.05, 0.1) is 6.61 Å². The summed E-state index contributed by atoms with van der Waals surface area (Å²) in [6, 6.07) is 0.999. The first kappa shape index (κ1) is 27.5. The monoisotopic (exact) mass is 511 g/mol. The Kier molecular flexibility index (Phi) is 8.85. The molecule has 1 heterocycles. The van der Waals surface area contributed by atoms with Gasteiger partial charge in [0.1, 0.15) is 11.9 Å². The SMILES string of the molecule is C#C[C@@](O)([C@@H](COP(=O)(O)OP(=O)(O)OP(=O)(O)O)OC)[C@@H](F)n1ccc(N)nc1=O. The molecule has 20 heteroatoms. The van der Waals surface area contributed by atoms with Crippen LogP contribution in [0.25, 0.3) is 0 Å². The topological polar surface area (TPSA) is 250 Å². The van der Waals surface area contributed by atoms with Gasteiger partial charge in [-0.25, -0.2) is 22.9 Å². The molecule has 0 aliphatic carbocycles. The zero-order valence-electron chi connectivity index (χ0n) is 15.3. The molecule has 1 aromatic rings. The van der Waals surface area contributed by atoms with Crippen LogP contribution in [0.15, 0.2) is 17.1 Å². The quantitative estimate of drug-likeness (QED) is 0.154. The number of rotatable bonds is 11. The van der Waals surface area contributed by atoms with E-state index < -0.39 is 53.8 Å². The zero-order valence-corrected chi connectivity index (χ0v) is 18.0. The number of nitrogens with zero attached hydrogens (tertiary/aromatic N) is 2. The highest BCUT2D eigenvalue weighted by Gasteiger charge is 2.48. The third-order valence-electron chi connectivity index (χ3n) is 3.27. The predicted molar refractivity (Wildman–Crippen MR) is 97.5 cm³/mol. The fraction of sp³-hybridized carbons (Fsp3) is 0.455. The number of methoxy groups -OCH3 is 1. The number of hydrogen-bond acceptors (Lipinski definition) is 11. The molecule has 0 saturated carbocycles. The molecule has 0 aliphatic heterocycles. The van der Waals surface area contributed by atoms with Gasteiger partial charge in [-0.1, -0.05) is 5.92 Å². The molecule has 0 radical (unpaired) electrons. The summed E-state index contributed by atoms with van der Waals surface area (Å²) < 4.78 is 64.8. The lowest BCUT2D eigenvalue weighted by Crippen LogP contribution is -2.51. The van der Waals surface area contributed by atoms with Crippen molar-refractivity contribution in [1.29, 1.82) is 0 Å². The fourth-order valence-corrected chi connectivity index (χ4v) is 4.98. The van der Waals surface area contributed by atoms with E-state index in [4.69, 9.17) is 31.6 Å². The van der Waals surface area contributed by atoms with E-state index in [0.717, 1.165) is 19.4 Å². The van der Waals surface area contributed by atoms with Crippen molar-refractivity contribution in [3.8, 4) is 12.3 Å². The smallest absolute Gasteiger partial charge is 0.383 e. The zero-order chi connectivity index (χ0) is 24.3. The summed E-state index contributed by atoms with van der Waals surface area (Å²) in [6.45, 7) is -1.29. The van der Waals surface area contributed by atoms with E-state index >= 15 is 0 Å². The van der Waals surface area contributed by atoms with Crippen LogP contribution in [0.2, 0.25) is 0 Å². The second-order valence-electron chi connectivity index (χ2n) is 5.46. The third-order valence-corrected chi connectivity index (χ3v) is 7.07. The van der Waals surface area contributed by atoms with Crippen molar-refractivity contribution in [3.63, 3.8) is 0 Å². The van der Waals surface area contributed by atoms with Crippen molar-refractivity contribution < 1.29 is 60.6 Å². The second-order valence-corrected chi connectivity index (χ2v) is 9.88. The summed E-state index contributed by atoms with van der Waals surface area (Å²) in [5, 5.41) is 10.5. The van der Waals surface area contributed by atoms with E-state index in [1.165, 1.54) is 0 Å². The number of aromatic nitrogens is 2. The van der Waals surface area contributed by atoms with E-state index in [1.54, 1.807) is 5.92 Å². The van der Waals surface area contributed by atoms with Crippen LogP contribution in [0.3, 0.4) is 0 Å². The van der Waals surface area contributed by atoms with Gasteiger partial charge in [0.25, 0.3) is 0 Å². The van der Waals surface area contributed by atoms with Crippen LogP contribution in [0.4, 0.5) is 10.2 Å². The Labute approximate surface area is 172 Å². The van der Waals surface area contributed by atoms with Crippen LogP contribution in [-0.2, 0) is 31.6 Å². The molecule has 0 amide bonds. The first-order valence-electron chi connectivity index (χ1n) is 7.46. The highest BCUT2D eigenvalue weighted by molar-refractivity contribution is 7.66. The lowest BCUT2D eigenvalue weighted by atomic mass is 9.96. The summed E-state index contributed by atoms with van der Waals surface area (Å²) >= 11 is 0. The fourth-order valence-electron chi connectivity index (χ4n) is 1.97. The van der Waals surface area contributed by atoms with Crippen molar-refractivity contribution in [2.45, 2.75) is 18.0 Å². The van der Waals surface area contributed by atoms with Crippen molar-refractivity contribution >= 4 is 29.3 Å². The Bertz CT molecular complexity index is 1040. The number of halogens is 1. The number of alkyl halides is 1. The molecule has 5 atom stereocenters. The molecular weight excluding hydrogens is 494 g/mol. The van der Waals surface area contributed by atoms with Gasteiger partial charge in [-0.3, -0.25) is 9.09 Å². The Hall–Kier alpha value is -1.50. The Morgan fingerprint density at radius 3 is 2.32 bits per heavy atom. The molecule has 16 nitrogen and oxygen atoms in total. The van der Waals surface area contributed by atoms with Crippen molar-refractivity contribution in [1.82, 2.24) is 9.55 Å². The standard InChI is InChI=1S/C11H17FN3O13P3/c1-3-11(17,9(12)15-5-4-8(13)14-10(15)16)7(25-2)6-26-30(21,22)28-31(23,24)27-29(18,19)20/h1,4-5,7,9,17H,6H2,2H3,(H,21,22)(H,23,24)(H2,13,14,16)(H2,18,19,20)/t7-,9+,11-/m1/s1. The normalized spacial score (nSPS) is 19.9. The van der Waals surface area contributed by atoms with Crippen LogP contribution in [0.5, 0.6) is 0 Å². The number of terminal acetylenes is 1. The lowest BCUT2D eigenvalue weighted by Gasteiger charge is -2.33. The molecule has 0 fully saturated rings. The highest BCUT2D eigenvalue weighted by Crippen LogP contribution is 2.66. The van der Waals surface area contributed by atoms with Crippen molar-refractivity contribution in [3.05, 3.63) is 22.7 Å². The molecule has 7 N–H and O–H groups in total. The number of hydrogen-bond donors (Lipinski definition) is 6. The minimum atomic E-state index is -5.81. The van der Waals surface area contributed by atoms with E-state index in [2.05, 4.69) is 18.1 Å². The molecule has 0 saturated heterocycles. The van der Waals surface area contributed by atoms with Gasteiger partial charge in [0, 0.05) is 13.3 Å². The van der Waals surface area contributed by atoms with Gasteiger partial charge < -0.3 is 35.2 Å². The average Bonchev–Trinajstić information content (AvgIpc) is 2.58. The molecule has 2 unspecified atom stereocenters. The largest absolute Gasteiger partial charge is 0.490 e. The maximum atomic E-state index is 14.9. The molecule has 0 aromatic carbocycles. The molecule has 0 bridgehead atoms. The average molecular weight is 511 g/mol. The molecule has 176 valence electrons. The minimum absolute atomic E-state index is 0.229. The van der Waals surface area contributed by atoms with Gasteiger partial charge in [0.15, 0.2) is 0 Å². The van der Waals surface area contributed by atoms with Crippen LogP contribution < -0.4 is 11.4 Å². The lowest BCUT2D eigenvalue weighted by molar-refractivity contribution is -0.133. The maximum absolute atomic E-state index is 14.9. The highest BCUT2D eigenvalue weighted by atomic mass is 31.3. The molecule has 1 rings (SSSR count). The van der Waals surface area contributed by atoms with E-state index in [1.807, 2.05) is 0 Å². The first-order chi connectivity index (χ1) is 14.0.